The van der Waals surface area contributed by atoms with Gasteiger partial charge in [0.15, 0.2) is 0 Å². The topological polar surface area (TPSA) is 41.6 Å². The summed E-state index contributed by atoms with van der Waals surface area (Å²) in [5.41, 5.74) is 0. The third-order valence-electron chi connectivity index (χ3n) is 1.52. The smallest absolute Gasteiger partial charge is 0.418 e. The second-order valence-corrected chi connectivity index (χ2v) is 2.22. The van der Waals surface area contributed by atoms with Gasteiger partial charge in [-0.1, -0.05) is 0 Å². The van der Waals surface area contributed by atoms with Crippen molar-refractivity contribution >= 4 is 6.47 Å². The van der Waals surface area contributed by atoms with Gasteiger partial charge in [-0.25, -0.2) is 4.79 Å². The predicted molar refractivity (Wildman–Crippen MR) is 36.1 cm³/mol. The quantitative estimate of drug-likeness (QED) is 0.546. The van der Waals surface area contributed by atoms with E-state index in [1.54, 1.807) is 0 Å². The zero-order valence-corrected chi connectivity index (χ0v) is 5.80. The average Bonchev–Trinajstić information content (AvgIpc) is 2.03. The van der Waals surface area contributed by atoms with Crippen LogP contribution >= 0.6 is 0 Å². The molecule has 1 aliphatic heterocycles. The van der Waals surface area contributed by atoms with E-state index in [1.807, 2.05) is 0 Å². The number of piperazine rings is 1. The number of carbonyl (C=O) groups excluding carboxylic acids is 1. The van der Waals surface area contributed by atoms with Crippen LogP contribution in [0.2, 0.25) is 0 Å². The van der Waals surface area contributed by atoms with E-state index in [0.29, 0.717) is 6.73 Å². The molecule has 0 atom stereocenters. The first kappa shape index (κ1) is 7.50. The highest BCUT2D eigenvalue weighted by molar-refractivity contribution is 5.37. The molecule has 1 aliphatic rings. The van der Waals surface area contributed by atoms with E-state index in [2.05, 4.69) is 15.0 Å². The second-order valence-electron chi connectivity index (χ2n) is 2.22. The molecular weight excluding hydrogens is 132 g/mol. The number of nitrogens with one attached hydrogen (secondary N) is 1. The fourth-order valence-corrected chi connectivity index (χ4v) is 0.958. The van der Waals surface area contributed by atoms with Gasteiger partial charge in [-0.2, -0.15) is 0 Å². The Bertz CT molecular complexity index is 102. The molecule has 0 aromatic heterocycles. The number of ether oxygens (including phenoxy) is 1. The van der Waals surface area contributed by atoms with Gasteiger partial charge in [0.2, 0.25) is 0 Å². The summed E-state index contributed by atoms with van der Waals surface area (Å²) in [6, 6.07) is 0. The van der Waals surface area contributed by atoms with E-state index in [4.69, 9.17) is 0 Å². The third-order valence-corrected chi connectivity index (χ3v) is 1.52. The molecule has 0 bridgehead atoms. The third kappa shape index (κ3) is 2.33. The monoisotopic (exact) mass is 143 g/mol. The summed E-state index contributed by atoms with van der Waals surface area (Å²) in [6.07, 6.45) is 0. The Kier molecular flexibility index (Phi) is 3.18. The van der Waals surface area contributed by atoms with Crippen LogP contribution in [0.4, 0.5) is 0 Å². The molecule has 0 amide bonds. The van der Waals surface area contributed by atoms with E-state index in [0.717, 1.165) is 26.2 Å². The molecule has 0 aliphatic carbocycles. The minimum atomic E-state index is 0.380. The van der Waals surface area contributed by atoms with Gasteiger partial charge in [-0.3, -0.25) is 4.90 Å². The van der Waals surface area contributed by atoms with Gasteiger partial charge < -0.3 is 10.1 Å². The van der Waals surface area contributed by atoms with Crippen molar-refractivity contribution in [3.05, 3.63) is 0 Å². The van der Waals surface area contributed by atoms with Crippen molar-refractivity contribution in [3.63, 3.8) is 0 Å². The van der Waals surface area contributed by atoms with Crippen LogP contribution in [0.15, 0.2) is 0 Å². The van der Waals surface area contributed by atoms with Crippen LogP contribution in [0.25, 0.3) is 0 Å². The first-order valence-corrected chi connectivity index (χ1v) is 3.35. The molecule has 10 heavy (non-hydrogen) atoms. The molecule has 1 fully saturated rings. The van der Waals surface area contributed by atoms with Gasteiger partial charge in [-0.15, -0.1) is 0 Å². The standard InChI is InChI=1S/C6H11N2O2/c9-6-10-5-8-3-1-7-2-4-8/h7H,1-5H2. The van der Waals surface area contributed by atoms with Gasteiger partial charge >= 0.3 is 6.47 Å². The van der Waals surface area contributed by atoms with Crippen LogP contribution in [-0.4, -0.2) is 44.3 Å². The highest BCUT2D eigenvalue weighted by Crippen LogP contribution is 1.90. The molecular formula is C6H11N2O2. The van der Waals surface area contributed by atoms with Gasteiger partial charge in [0, 0.05) is 26.2 Å². The summed E-state index contributed by atoms with van der Waals surface area (Å²) in [6.45, 7) is 5.62. The van der Waals surface area contributed by atoms with Gasteiger partial charge in [0.05, 0.1) is 0 Å². The molecule has 0 spiro atoms. The van der Waals surface area contributed by atoms with Crippen molar-refractivity contribution in [2.45, 2.75) is 0 Å². The zero-order valence-electron chi connectivity index (χ0n) is 5.80. The Morgan fingerprint density at radius 1 is 1.50 bits per heavy atom. The molecule has 1 N–H and O–H groups in total. The molecule has 0 aromatic carbocycles. The molecule has 1 rings (SSSR count). The summed E-state index contributed by atoms with van der Waals surface area (Å²) >= 11 is 0. The van der Waals surface area contributed by atoms with E-state index < -0.39 is 0 Å². The van der Waals surface area contributed by atoms with Crippen molar-refractivity contribution < 1.29 is 9.53 Å². The average molecular weight is 143 g/mol. The fourth-order valence-electron chi connectivity index (χ4n) is 0.958. The molecule has 4 heteroatoms. The van der Waals surface area contributed by atoms with E-state index in [1.165, 1.54) is 6.47 Å². The second kappa shape index (κ2) is 4.24. The maximum Gasteiger partial charge on any atom is 0.418 e. The highest BCUT2D eigenvalue weighted by atomic mass is 16.5. The summed E-state index contributed by atoms with van der Waals surface area (Å²) < 4.78 is 4.47. The van der Waals surface area contributed by atoms with Crippen molar-refractivity contribution in [2.75, 3.05) is 32.9 Å². The molecule has 1 heterocycles. The van der Waals surface area contributed by atoms with Gasteiger partial charge in [-0.05, 0) is 0 Å². The molecule has 1 radical (unpaired) electrons. The maximum atomic E-state index is 9.66. The number of hydrogen-bond acceptors (Lipinski definition) is 4. The normalized spacial score (nSPS) is 20.4. The van der Waals surface area contributed by atoms with Crippen LogP contribution in [-0.2, 0) is 9.53 Å². The van der Waals surface area contributed by atoms with Crippen LogP contribution in [0.3, 0.4) is 0 Å². The van der Waals surface area contributed by atoms with E-state index in [9.17, 15) is 4.79 Å². The van der Waals surface area contributed by atoms with Crippen molar-refractivity contribution in [1.82, 2.24) is 10.2 Å². The van der Waals surface area contributed by atoms with Crippen LogP contribution in [0, 0.1) is 0 Å². The summed E-state index contributed by atoms with van der Waals surface area (Å²) in [5.74, 6) is 0. The lowest BCUT2D eigenvalue weighted by Crippen LogP contribution is -2.44. The zero-order chi connectivity index (χ0) is 7.23. The predicted octanol–water partition coefficient (Wildman–Crippen LogP) is -1.07. The number of hydrogen-bond donors (Lipinski definition) is 1. The minimum absolute atomic E-state index is 0.380. The lowest BCUT2D eigenvalue weighted by molar-refractivity contribution is 0.101. The SMILES string of the molecule is O=[C]OCN1CCNCC1. The summed E-state index contributed by atoms with van der Waals surface area (Å²) in [5, 5.41) is 3.20. The molecule has 4 nitrogen and oxygen atoms in total. The van der Waals surface area contributed by atoms with Crippen molar-refractivity contribution in [3.8, 4) is 0 Å². The van der Waals surface area contributed by atoms with Gasteiger partial charge in [0.25, 0.3) is 0 Å². The van der Waals surface area contributed by atoms with Crippen LogP contribution in [0.1, 0.15) is 0 Å². The van der Waals surface area contributed by atoms with Gasteiger partial charge in [0.1, 0.15) is 6.73 Å². The Balaban J connectivity index is 2.07. The van der Waals surface area contributed by atoms with Crippen molar-refractivity contribution in [2.24, 2.45) is 0 Å². The van der Waals surface area contributed by atoms with E-state index >= 15 is 0 Å². The maximum absolute atomic E-state index is 9.66. The molecule has 0 unspecified atom stereocenters. The highest BCUT2D eigenvalue weighted by Gasteiger charge is 2.08. The van der Waals surface area contributed by atoms with Crippen molar-refractivity contribution in [1.29, 1.82) is 0 Å². The lowest BCUT2D eigenvalue weighted by atomic mass is 10.4. The largest absolute Gasteiger partial charge is 0.441 e. The number of rotatable bonds is 3. The fraction of sp³-hybridized carbons (Fsp3) is 0.833. The van der Waals surface area contributed by atoms with E-state index in [-0.39, 0.29) is 0 Å². The lowest BCUT2D eigenvalue weighted by Gasteiger charge is -2.25. The molecule has 57 valence electrons. The first-order chi connectivity index (χ1) is 4.93. The Morgan fingerprint density at radius 2 is 2.20 bits per heavy atom. The number of nitrogens with zero attached hydrogens (tertiary/aromatic N) is 1. The molecule has 0 aromatic rings. The molecule has 0 saturated carbocycles. The summed E-state index contributed by atoms with van der Waals surface area (Å²) in [4.78, 5) is 11.7. The van der Waals surface area contributed by atoms with Crippen LogP contribution in [0.5, 0.6) is 0 Å². The minimum Gasteiger partial charge on any atom is -0.441 e. The summed E-state index contributed by atoms with van der Waals surface area (Å²) in [7, 11) is 0. The Morgan fingerprint density at radius 3 is 2.80 bits per heavy atom. The first-order valence-electron chi connectivity index (χ1n) is 3.35. The molecule has 1 saturated heterocycles. The Hall–Kier alpha value is -0.610. The van der Waals surface area contributed by atoms with Crippen LogP contribution < -0.4 is 5.32 Å². The Labute approximate surface area is 60.1 Å².